The summed E-state index contributed by atoms with van der Waals surface area (Å²) in [6.45, 7) is 0. The minimum atomic E-state index is -0.326. The number of anilines is 2. The van der Waals surface area contributed by atoms with E-state index < -0.39 is 0 Å². The number of esters is 1. The van der Waals surface area contributed by atoms with Gasteiger partial charge >= 0.3 is 5.97 Å². The van der Waals surface area contributed by atoms with E-state index in [2.05, 4.69) is 4.90 Å². The second kappa shape index (κ2) is 4.65. The van der Waals surface area contributed by atoms with E-state index in [1.165, 1.54) is 26.4 Å². The van der Waals surface area contributed by atoms with Gasteiger partial charge in [0.05, 0.1) is 24.0 Å². The zero-order valence-electron chi connectivity index (χ0n) is 10.3. The lowest BCUT2D eigenvalue weighted by molar-refractivity contribution is 0.0601. The molecule has 4 nitrogen and oxygen atoms in total. The van der Waals surface area contributed by atoms with Gasteiger partial charge in [0.25, 0.3) is 0 Å². The van der Waals surface area contributed by atoms with Crippen molar-refractivity contribution in [1.82, 2.24) is 0 Å². The van der Waals surface area contributed by atoms with Crippen LogP contribution in [0.25, 0.3) is 0 Å². The van der Waals surface area contributed by atoms with Crippen LogP contribution in [0.15, 0.2) is 18.2 Å². The fourth-order valence-corrected chi connectivity index (χ4v) is 2.06. The van der Waals surface area contributed by atoms with Crippen molar-refractivity contribution >= 4 is 17.3 Å². The molecule has 1 fully saturated rings. The number of hydrogen-bond donors (Lipinski definition) is 1. The average Bonchev–Trinajstić information content (AvgIpc) is 2.26. The molecule has 0 bridgehead atoms. The largest absolute Gasteiger partial charge is 0.465 e. The molecular weight excluding hydrogens is 216 g/mol. The lowest BCUT2D eigenvalue weighted by atomic mass is 9.91. The Morgan fingerprint density at radius 2 is 2.18 bits per heavy atom. The van der Waals surface area contributed by atoms with Crippen LogP contribution in [0.2, 0.25) is 0 Å². The summed E-state index contributed by atoms with van der Waals surface area (Å²) in [5.74, 6) is -0.326. The summed E-state index contributed by atoms with van der Waals surface area (Å²) < 4.78 is 4.71. The first-order valence-electron chi connectivity index (χ1n) is 5.84. The Morgan fingerprint density at radius 1 is 1.47 bits per heavy atom. The fourth-order valence-electron chi connectivity index (χ4n) is 2.06. The number of methoxy groups -OCH3 is 1. The van der Waals surface area contributed by atoms with Gasteiger partial charge in [0.1, 0.15) is 0 Å². The smallest absolute Gasteiger partial charge is 0.337 e. The summed E-state index contributed by atoms with van der Waals surface area (Å²) in [5, 5.41) is 0. The number of nitrogen functional groups attached to an aromatic ring is 1. The van der Waals surface area contributed by atoms with Crippen LogP contribution in [0.3, 0.4) is 0 Å². The Labute approximate surface area is 101 Å². The molecule has 0 heterocycles. The maximum Gasteiger partial charge on any atom is 0.337 e. The van der Waals surface area contributed by atoms with Gasteiger partial charge in [-0.2, -0.15) is 0 Å². The van der Waals surface area contributed by atoms with Gasteiger partial charge in [-0.1, -0.05) is 0 Å². The van der Waals surface area contributed by atoms with Crippen molar-refractivity contribution in [3.05, 3.63) is 23.8 Å². The molecule has 1 aliphatic rings. The highest BCUT2D eigenvalue weighted by molar-refractivity contribution is 5.92. The lowest BCUT2D eigenvalue weighted by Crippen LogP contribution is -2.37. The average molecular weight is 234 g/mol. The molecule has 2 rings (SSSR count). The number of carbonyl (C=O) groups is 1. The molecule has 0 aromatic heterocycles. The molecule has 1 aromatic rings. The van der Waals surface area contributed by atoms with Gasteiger partial charge in [0, 0.05) is 13.1 Å². The Balaban J connectivity index is 2.28. The molecule has 0 unspecified atom stereocenters. The Bertz CT molecular complexity index is 427. The van der Waals surface area contributed by atoms with Crippen molar-refractivity contribution in [2.45, 2.75) is 25.3 Å². The zero-order valence-corrected chi connectivity index (χ0v) is 10.3. The van der Waals surface area contributed by atoms with Crippen LogP contribution >= 0.6 is 0 Å². The van der Waals surface area contributed by atoms with Crippen LogP contribution < -0.4 is 10.6 Å². The standard InChI is InChI=1S/C13H18N2O2/c1-15(10-4-3-5-10)12-8-9(13(16)17-2)6-7-11(12)14/h6-8,10H,3-5,14H2,1-2H3. The number of nitrogens with two attached hydrogens (primary N) is 1. The number of hydrogen-bond acceptors (Lipinski definition) is 4. The normalized spacial score (nSPS) is 15.2. The van der Waals surface area contributed by atoms with Gasteiger partial charge in [-0.3, -0.25) is 0 Å². The SMILES string of the molecule is COC(=O)c1ccc(N)c(N(C)C2CCC2)c1. The lowest BCUT2D eigenvalue weighted by Gasteiger charge is -2.37. The van der Waals surface area contributed by atoms with Crippen molar-refractivity contribution in [3.8, 4) is 0 Å². The van der Waals surface area contributed by atoms with E-state index in [4.69, 9.17) is 10.5 Å². The predicted molar refractivity (Wildman–Crippen MR) is 68.2 cm³/mol. The summed E-state index contributed by atoms with van der Waals surface area (Å²) in [7, 11) is 3.41. The molecule has 0 atom stereocenters. The van der Waals surface area contributed by atoms with Crippen molar-refractivity contribution < 1.29 is 9.53 Å². The molecule has 0 spiro atoms. The van der Waals surface area contributed by atoms with Crippen LogP contribution in [0.4, 0.5) is 11.4 Å². The Hall–Kier alpha value is -1.71. The number of carbonyl (C=O) groups excluding carboxylic acids is 1. The molecular formula is C13H18N2O2. The minimum Gasteiger partial charge on any atom is -0.465 e. The monoisotopic (exact) mass is 234 g/mol. The van der Waals surface area contributed by atoms with Crippen LogP contribution in [0.1, 0.15) is 29.6 Å². The molecule has 0 radical (unpaired) electrons. The molecule has 92 valence electrons. The highest BCUT2D eigenvalue weighted by Crippen LogP contribution is 2.32. The van der Waals surface area contributed by atoms with Crippen LogP contribution in [0, 0.1) is 0 Å². The van der Waals surface area contributed by atoms with E-state index >= 15 is 0 Å². The van der Waals surface area contributed by atoms with E-state index in [0.717, 1.165) is 5.69 Å². The number of ether oxygens (including phenoxy) is 1. The Morgan fingerprint density at radius 3 is 2.71 bits per heavy atom. The highest BCUT2D eigenvalue weighted by Gasteiger charge is 2.24. The Kier molecular flexibility index (Phi) is 3.22. The summed E-state index contributed by atoms with van der Waals surface area (Å²) in [4.78, 5) is 13.6. The first-order valence-corrected chi connectivity index (χ1v) is 5.84. The topological polar surface area (TPSA) is 55.6 Å². The van der Waals surface area contributed by atoms with E-state index in [1.54, 1.807) is 18.2 Å². The van der Waals surface area contributed by atoms with Gasteiger partial charge in [-0.05, 0) is 37.5 Å². The third kappa shape index (κ3) is 2.20. The number of rotatable bonds is 3. The second-order valence-corrected chi connectivity index (χ2v) is 4.46. The van der Waals surface area contributed by atoms with Gasteiger partial charge < -0.3 is 15.4 Å². The van der Waals surface area contributed by atoms with Gasteiger partial charge in [0.2, 0.25) is 0 Å². The summed E-state index contributed by atoms with van der Waals surface area (Å²) in [5.41, 5.74) is 8.11. The number of nitrogens with zero attached hydrogens (tertiary/aromatic N) is 1. The maximum atomic E-state index is 11.5. The van der Waals surface area contributed by atoms with E-state index in [1.807, 2.05) is 7.05 Å². The van der Waals surface area contributed by atoms with Crippen LogP contribution in [0.5, 0.6) is 0 Å². The van der Waals surface area contributed by atoms with Crippen molar-refractivity contribution in [1.29, 1.82) is 0 Å². The first-order chi connectivity index (χ1) is 8.13. The quantitative estimate of drug-likeness (QED) is 0.642. The molecule has 1 aromatic carbocycles. The van der Waals surface area contributed by atoms with Crippen LogP contribution in [-0.2, 0) is 4.74 Å². The molecule has 1 aliphatic carbocycles. The fraction of sp³-hybridized carbons (Fsp3) is 0.462. The minimum absolute atomic E-state index is 0.326. The van der Waals surface area contributed by atoms with Crippen LogP contribution in [-0.4, -0.2) is 26.2 Å². The molecule has 0 saturated heterocycles. The van der Waals surface area contributed by atoms with Crippen molar-refractivity contribution in [2.75, 3.05) is 24.8 Å². The zero-order chi connectivity index (χ0) is 12.4. The predicted octanol–water partition coefficient (Wildman–Crippen LogP) is 2.04. The molecule has 2 N–H and O–H groups in total. The third-order valence-electron chi connectivity index (χ3n) is 3.45. The van der Waals surface area contributed by atoms with E-state index in [0.29, 0.717) is 17.3 Å². The van der Waals surface area contributed by atoms with E-state index in [-0.39, 0.29) is 5.97 Å². The molecule has 1 saturated carbocycles. The third-order valence-corrected chi connectivity index (χ3v) is 3.45. The molecule has 17 heavy (non-hydrogen) atoms. The summed E-state index contributed by atoms with van der Waals surface area (Å²) >= 11 is 0. The summed E-state index contributed by atoms with van der Waals surface area (Å²) in [6.07, 6.45) is 3.66. The molecule has 4 heteroatoms. The molecule has 0 aliphatic heterocycles. The molecule has 0 amide bonds. The second-order valence-electron chi connectivity index (χ2n) is 4.46. The number of benzene rings is 1. The van der Waals surface area contributed by atoms with E-state index in [9.17, 15) is 4.79 Å². The summed E-state index contributed by atoms with van der Waals surface area (Å²) in [6, 6.07) is 5.81. The van der Waals surface area contributed by atoms with Crippen molar-refractivity contribution in [2.24, 2.45) is 0 Å². The highest BCUT2D eigenvalue weighted by atomic mass is 16.5. The maximum absolute atomic E-state index is 11.5. The van der Waals surface area contributed by atoms with Gasteiger partial charge in [0.15, 0.2) is 0 Å². The first kappa shape index (κ1) is 11.8. The van der Waals surface area contributed by atoms with Gasteiger partial charge in [-0.25, -0.2) is 4.79 Å². The van der Waals surface area contributed by atoms with Gasteiger partial charge in [-0.15, -0.1) is 0 Å². The van der Waals surface area contributed by atoms with Crippen molar-refractivity contribution in [3.63, 3.8) is 0 Å².